The topological polar surface area (TPSA) is 83.5 Å². The molecule has 6 heteroatoms. The van der Waals surface area contributed by atoms with Gasteiger partial charge in [0.1, 0.15) is 5.84 Å². The van der Waals surface area contributed by atoms with Gasteiger partial charge >= 0.3 is 0 Å². The molecule has 0 aliphatic carbocycles. The summed E-state index contributed by atoms with van der Waals surface area (Å²) < 4.78 is 0. The van der Waals surface area contributed by atoms with Crippen LogP contribution in [0, 0.1) is 0 Å². The van der Waals surface area contributed by atoms with Gasteiger partial charge in [-0.2, -0.15) is 0 Å². The number of nitrogens with zero attached hydrogens (tertiary/aromatic N) is 2. The lowest BCUT2D eigenvalue weighted by atomic mass is 10.1. The van der Waals surface area contributed by atoms with Crippen molar-refractivity contribution in [2.75, 3.05) is 13.2 Å². The van der Waals surface area contributed by atoms with Crippen LogP contribution in [0.2, 0.25) is 0 Å². The summed E-state index contributed by atoms with van der Waals surface area (Å²) >= 11 is 1.74. The second-order valence-corrected chi connectivity index (χ2v) is 6.07. The number of rotatable bonds is 5. The van der Waals surface area contributed by atoms with E-state index in [1.54, 1.807) is 23.7 Å². The molecule has 0 bridgehead atoms. The first kappa shape index (κ1) is 14.2. The van der Waals surface area contributed by atoms with Crippen molar-refractivity contribution in [1.29, 1.82) is 0 Å². The maximum atomic E-state index is 8.90. The zero-order valence-corrected chi connectivity index (χ0v) is 12.4. The fraction of sp³-hybridized carbons (Fsp3) is 0.333. The van der Waals surface area contributed by atoms with E-state index in [9.17, 15) is 0 Å². The van der Waals surface area contributed by atoms with E-state index in [1.807, 2.05) is 12.1 Å². The molecule has 0 saturated heterocycles. The first-order chi connectivity index (χ1) is 10.3. The van der Waals surface area contributed by atoms with Gasteiger partial charge in [-0.25, -0.2) is 4.99 Å². The summed E-state index contributed by atoms with van der Waals surface area (Å²) in [5.41, 5.74) is 8.05. The quantitative estimate of drug-likeness (QED) is 0.739. The fourth-order valence-electron chi connectivity index (χ4n) is 2.41. The number of nitrogens with one attached hydrogen (secondary N) is 1. The summed E-state index contributed by atoms with van der Waals surface area (Å²) in [6, 6.07) is 6.27. The van der Waals surface area contributed by atoms with Crippen LogP contribution in [0.3, 0.4) is 0 Å². The molecule has 110 valence electrons. The van der Waals surface area contributed by atoms with Gasteiger partial charge in [0, 0.05) is 35.2 Å². The minimum Gasteiger partial charge on any atom is -0.396 e. The maximum absolute atomic E-state index is 8.90. The van der Waals surface area contributed by atoms with Gasteiger partial charge in [0.25, 0.3) is 0 Å². The SMILES string of the molecule is NC1=Nc2cc(-c3ccncc3)sc2C(NCCCO)C1. The molecule has 5 nitrogen and oxygen atoms in total. The number of aliphatic imine (C=N–C) groups is 1. The van der Waals surface area contributed by atoms with E-state index in [0.29, 0.717) is 12.3 Å². The first-order valence-corrected chi connectivity index (χ1v) is 7.81. The molecule has 0 fully saturated rings. The van der Waals surface area contributed by atoms with Gasteiger partial charge in [-0.3, -0.25) is 4.98 Å². The number of hydrogen-bond donors (Lipinski definition) is 3. The summed E-state index contributed by atoms with van der Waals surface area (Å²) in [7, 11) is 0. The van der Waals surface area contributed by atoms with Crippen LogP contribution in [0.15, 0.2) is 35.6 Å². The van der Waals surface area contributed by atoms with Crippen LogP contribution in [0.4, 0.5) is 5.69 Å². The third kappa shape index (κ3) is 3.12. The molecule has 2 aromatic rings. The van der Waals surface area contributed by atoms with E-state index in [-0.39, 0.29) is 12.6 Å². The fourth-order valence-corrected chi connectivity index (χ4v) is 3.59. The zero-order chi connectivity index (χ0) is 14.7. The van der Waals surface area contributed by atoms with Crippen molar-refractivity contribution in [3.63, 3.8) is 0 Å². The molecule has 3 heterocycles. The second-order valence-electron chi connectivity index (χ2n) is 4.99. The number of amidine groups is 1. The molecule has 0 spiro atoms. The molecule has 1 atom stereocenters. The number of fused-ring (bicyclic) bond motifs is 1. The smallest absolute Gasteiger partial charge is 0.102 e. The standard InChI is InChI=1S/C15H18N4OS/c16-14-9-11(18-4-1-7-20)15-12(19-14)8-13(21-15)10-2-5-17-6-3-10/h2-3,5-6,8,11,18,20H,1,4,7,9H2,(H2,16,19). The first-order valence-electron chi connectivity index (χ1n) is 6.99. The Morgan fingerprint density at radius 1 is 1.38 bits per heavy atom. The van der Waals surface area contributed by atoms with Crippen molar-refractivity contribution in [1.82, 2.24) is 10.3 Å². The van der Waals surface area contributed by atoms with E-state index in [2.05, 4.69) is 21.4 Å². The Kier molecular flexibility index (Phi) is 4.28. The van der Waals surface area contributed by atoms with Crippen LogP contribution >= 0.6 is 11.3 Å². The lowest BCUT2D eigenvalue weighted by molar-refractivity contribution is 0.283. The van der Waals surface area contributed by atoms with E-state index in [4.69, 9.17) is 10.8 Å². The lowest BCUT2D eigenvalue weighted by Gasteiger charge is -2.21. The van der Waals surface area contributed by atoms with Crippen LogP contribution in [-0.2, 0) is 0 Å². The average molecular weight is 302 g/mol. The van der Waals surface area contributed by atoms with Crippen molar-refractivity contribution in [2.24, 2.45) is 10.7 Å². The van der Waals surface area contributed by atoms with E-state index in [1.165, 1.54) is 9.75 Å². The molecule has 2 aromatic heterocycles. The van der Waals surface area contributed by atoms with Crippen LogP contribution in [0.5, 0.6) is 0 Å². The number of nitrogens with two attached hydrogens (primary N) is 1. The number of aliphatic hydroxyl groups is 1. The Bertz CT molecular complexity index is 638. The Morgan fingerprint density at radius 3 is 2.95 bits per heavy atom. The van der Waals surface area contributed by atoms with Gasteiger partial charge in [-0.05, 0) is 36.7 Å². The van der Waals surface area contributed by atoms with Gasteiger partial charge in [0.2, 0.25) is 0 Å². The van der Waals surface area contributed by atoms with Crippen LogP contribution in [0.25, 0.3) is 10.4 Å². The van der Waals surface area contributed by atoms with Crippen LogP contribution in [-0.4, -0.2) is 29.1 Å². The molecule has 0 radical (unpaired) electrons. The maximum Gasteiger partial charge on any atom is 0.102 e. The highest BCUT2D eigenvalue weighted by Gasteiger charge is 2.24. The minimum atomic E-state index is 0.185. The van der Waals surface area contributed by atoms with Crippen molar-refractivity contribution < 1.29 is 5.11 Å². The molecule has 0 aromatic carbocycles. The molecular weight excluding hydrogens is 284 g/mol. The highest BCUT2D eigenvalue weighted by Crippen LogP contribution is 2.42. The Labute approximate surface area is 127 Å². The second kappa shape index (κ2) is 6.34. The predicted octanol–water partition coefficient (Wildman–Crippen LogP) is 2.22. The van der Waals surface area contributed by atoms with Crippen molar-refractivity contribution >= 4 is 22.9 Å². The molecule has 1 aliphatic heterocycles. The normalized spacial score (nSPS) is 17.4. The summed E-state index contributed by atoms with van der Waals surface area (Å²) in [4.78, 5) is 10.9. The highest BCUT2D eigenvalue weighted by molar-refractivity contribution is 7.16. The Hall–Kier alpha value is -1.76. The lowest BCUT2D eigenvalue weighted by Crippen LogP contribution is -2.29. The van der Waals surface area contributed by atoms with Gasteiger partial charge in [-0.1, -0.05) is 0 Å². The highest BCUT2D eigenvalue weighted by atomic mass is 32.1. The molecule has 0 saturated carbocycles. The zero-order valence-electron chi connectivity index (χ0n) is 11.6. The average Bonchev–Trinajstić information content (AvgIpc) is 2.92. The van der Waals surface area contributed by atoms with E-state index >= 15 is 0 Å². The third-order valence-corrected chi connectivity index (χ3v) is 4.71. The summed E-state index contributed by atoms with van der Waals surface area (Å²) in [5.74, 6) is 0.656. The molecule has 1 aliphatic rings. The number of hydrogen-bond acceptors (Lipinski definition) is 6. The van der Waals surface area contributed by atoms with Crippen molar-refractivity contribution in [3.05, 3.63) is 35.5 Å². The molecule has 1 unspecified atom stereocenters. The Morgan fingerprint density at radius 2 is 2.19 bits per heavy atom. The minimum absolute atomic E-state index is 0.185. The molecular formula is C15H18N4OS. The van der Waals surface area contributed by atoms with E-state index in [0.717, 1.165) is 24.2 Å². The van der Waals surface area contributed by atoms with Crippen LogP contribution < -0.4 is 11.1 Å². The van der Waals surface area contributed by atoms with Gasteiger partial charge in [-0.15, -0.1) is 11.3 Å². The number of aromatic nitrogens is 1. The number of aliphatic hydroxyl groups excluding tert-OH is 1. The number of pyridine rings is 1. The molecule has 3 rings (SSSR count). The molecule has 0 amide bonds. The van der Waals surface area contributed by atoms with Crippen molar-refractivity contribution in [2.45, 2.75) is 18.9 Å². The predicted molar refractivity (Wildman–Crippen MR) is 85.9 cm³/mol. The number of thiophene rings is 1. The summed E-state index contributed by atoms with van der Waals surface area (Å²) in [6.45, 7) is 0.971. The Balaban J connectivity index is 1.88. The van der Waals surface area contributed by atoms with Gasteiger partial charge < -0.3 is 16.2 Å². The monoisotopic (exact) mass is 302 g/mol. The molecule has 21 heavy (non-hydrogen) atoms. The largest absolute Gasteiger partial charge is 0.396 e. The van der Waals surface area contributed by atoms with Crippen LogP contribution in [0.1, 0.15) is 23.8 Å². The third-order valence-electron chi connectivity index (χ3n) is 3.42. The van der Waals surface area contributed by atoms with E-state index < -0.39 is 0 Å². The summed E-state index contributed by atoms with van der Waals surface area (Å²) in [6.07, 6.45) is 5.05. The van der Waals surface area contributed by atoms with Gasteiger partial charge in [0.05, 0.1) is 11.7 Å². The molecule has 4 N–H and O–H groups in total. The summed E-state index contributed by atoms with van der Waals surface area (Å²) in [5, 5.41) is 12.4. The van der Waals surface area contributed by atoms with Gasteiger partial charge in [0.15, 0.2) is 0 Å². The van der Waals surface area contributed by atoms with Crippen molar-refractivity contribution in [3.8, 4) is 10.4 Å².